The lowest BCUT2D eigenvalue weighted by Crippen LogP contribution is -2.24. The highest BCUT2D eigenvalue weighted by atomic mass is 16.5. The summed E-state index contributed by atoms with van der Waals surface area (Å²) in [6.45, 7) is 2.90. The van der Waals surface area contributed by atoms with Gasteiger partial charge in [-0.3, -0.25) is 10.1 Å². The largest absolute Gasteiger partial charge is 0.444 e. The molecular weight excluding hydrogens is 304 g/mol. The Balaban J connectivity index is 1.64. The molecule has 0 atom stereocenters. The number of hydrogen-bond donors (Lipinski definition) is 1. The van der Waals surface area contributed by atoms with Gasteiger partial charge < -0.3 is 9.64 Å². The summed E-state index contributed by atoms with van der Waals surface area (Å²) < 4.78 is 5.22. The Morgan fingerprint density at radius 1 is 1.21 bits per heavy atom. The van der Waals surface area contributed by atoms with Crippen LogP contribution in [0.15, 0.2) is 48.5 Å². The summed E-state index contributed by atoms with van der Waals surface area (Å²) in [5.74, 6) is 0.127. The highest BCUT2D eigenvalue weighted by Gasteiger charge is 2.23. The van der Waals surface area contributed by atoms with Crippen molar-refractivity contribution in [2.24, 2.45) is 0 Å². The maximum absolute atomic E-state index is 12.0. The van der Waals surface area contributed by atoms with E-state index in [4.69, 9.17) is 4.74 Å². The van der Waals surface area contributed by atoms with Gasteiger partial charge >= 0.3 is 6.09 Å². The van der Waals surface area contributed by atoms with E-state index in [9.17, 15) is 9.59 Å². The average Bonchev–Trinajstić information content (AvgIpc) is 3.01. The molecule has 0 unspecified atom stereocenters. The number of benzene rings is 2. The predicted octanol–water partition coefficient (Wildman–Crippen LogP) is 3.87. The minimum atomic E-state index is -0.513. The second kappa shape index (κ2) is 7.17. The van der Waals surface area contributed by atoms with Crippen LogP contribution in [0.5, 0.6) is 0 Å². The monoisotopic (exact) mass is 324 g/mol. The van der Waals surface area contributed by atoms with Gasteiger partial charge in [0.15, 0.2) is 0 Å². The van der Waals surface area contributed by atoms with Crippen LogP contribution in [0.3, 0.4) is 0 Å². The van der Waals surface area contributed by atoms with Crippen LogP contribution in [0, 0.1) is 6.92 Å². The summed E-state index contributed by atoms with van der Waals surface area (Å²) in [6.07, 6.45) is 0.937. The Kier molecular flexibility index (Phi) is 4.79. The van der Waals surface area contributed by atoms with Gasteiger partial charge in [0.05, 0.1) is 0 Å². The molecule has 0 radical (unpaired) electrons. The Hall–Kier alpha value is -2.82. The van der Waals surface area contributed by atoms with E-state index in [0.29, 0.717) is 12.1 Å². The molecule has 2 amide bonds. The molecule has 1 aliphatic heterocycles. The van der Waals surface area contributed by atoms with E-state index < -0.39 is 6.09 Å². The minimum Gasteiger partial charge on any atom is -0.444 e. The fourth-order valence-electron chi connectivity index (χ4n) is 2.76. The number of rotatable bonds is 4. The SMILES string of the molecule is Cc1ccc(NC(=O)OCc2ccccc2)cc1N1CCCC1=O. The maximum atomic E-state index is 12.0. The maximum Gasteiger partial charge on any atom is 0.411 e. The summed E-state index contributed by atoms with van der Waals surface area (Å²) in [5, 5.41) is 2.72. The Bertz CT molecular complexity index is 744. The standard InChI is InChI=1S/C19H20N2O3/c1-14-9-10-16(12-17(14)21-11-5-8-18(21)22)20-19(23)24-13-15-6-3-2-4-7-15/h2-4,6-7,9-10,12H,5,8,11,13H2,1H3,(H,20,23). The molecule has 1 N–H and O–H groups in total. The summed E-state index contributed by atoms with van der Waals surface area (Å²) in [6, 6.07) is 15.0. The summed E-state index contributed by atoms with van der Waals surface area (Å²) >= 11 is 0. The lowest BCUT2D eigenvalue weighted by Gasteiger charge is -2.19. The van der Waals surface area contributed by atoms with E-state index in [1.54, 1.807) is 4.90 Å². The molecular formula is C19H20N2O3. The van der Waals surface area contributed by atoms with Crippen molar-refractivity contribution in [2.45, 2.75) is 26.4 Å². The quantitative estimate of drug-likeness (QED) is 0.929. The number of ether oxygens (including phenoxy) is 1. The number of nitrogens with zero attached hydrogens (tertiary/aromatic N) is 1. The van der Waals surface area contributed by atoms with Crippen LogP contribution in [-0.2, 0) is 16.1 Å². The third kappa shape index (κ3) is 3.74. The summed E-state index contributed by atoms with van der Waals surface area (Å²) in [7, 11) is 0. The van der Waals surface area contributed by atoms with E-state index in [-0.39, 0.29) is 12.5 Å². The van der Waals surface area contributed by atoms with Crippen molar-refractivity contribution in [3.8, 4) is 0 Å². The molecule has 0 aliphatic carbocycles. The van der Waals surface area contributed by atoms with Crippen molar-refractivity contribution in [1.29, 1.82) is 0 Å². The first-order valence-corrected chi connectivity index (χ1v) is 8.02. The van der Waals surface area contributed by atoms with Crippen LogP contribution in [0.4, 0.5) is 16.2 Å². The van der Waals surface area contributed by atoms with Crippen molar-refractivity contribution < 1.29 is 14.3 Å². The minimum absolute atomic E-state index is 0.127. The van der Waals surface area contributed by atoms with Gasteiger partial charge in [0.1, 0.15) is 6.61 Å². The molecule has 1 aliphatic rings. The lowest BCUT2D eigenvalue weighted by molar-refractivity contribution is -0.117. The van der Waals surface area contributed by atoms with Crippen LogP contribution in [0.25, 0.3) is 0 Å². The summed E-state index contributed by atoms with van der Waals surface area (Å²) in [5.41, 5.74) is 3.40. The molecule has 0 aromatic heterocycles. The lowest BCUT2D eigenvalue weighted by atomic mass is 10.1. The van der Waals surface area contributed by atoms with Crippen molar-refractivity contribution in [2.75, 3.05) is 16.8 Å². The molecule has 124 valence electrons. The first kappa shape index (κ1) is 16.1. The molecule has 2 aromatic carbocycles. The van der Waals surface area contributed by atoms with Crippen LogP contribution in [-0.4, -0.2) is 18.5 Å². The normalized spacial score (nSPS) is 13.9. The van der Waals surface area contributed by atoms with E-state index in [2.05, 4.69) is 5.32 Å². The van der Waals surface area contributed by atoms with Crippen LogP contribution < -0.4 is 10.2 Å². The van der Waals surface area contributed by atoms with Gasteiger partial charge in [0.2, 0.25) is 5.91 Å². The first-order valence-electron chi connectivity index (χ1n) is 8.02. The second-order valence-electron chi connectivity index (χ2n) is 5.84. The second-order valence-corrected chi connectivity index (χ2v) is 5.84. The number of nitrogens with one attached hydrogen (secondary N) is 1. The number of aryl methyl sites for hydroxylation is 1. The third-order valence-corrected chi connectivity index (χ3v) is 4.03. The molecule has 1 fully saturated rings. The number of anilines is 2. The molecule has 2 aromatic rings. The van der Waals surface area contributed by atoms with Gasteiger partial charge in [-0.1, -0.05) is 36.4 Å². The molecule has 1 saturated heterocycles. The molecule has 0 bridgehead atoms. The number of carbonyl (C=O) groups excluding carboxylic acids is 2. The zero-order chi connectivity index (χ0) is 16.9. The van der Waals surface area contributed by atoms with Crippen LogP contribution >= 0.6 is 0 Å². The summed E-state index contributed by atoms with van der Waals surface area (Å²) in [4.78, 5) is 25.7. The fraction of sp³-hybridized carbons (Fsp3) is 0.263. The molecule has 5 nitrogen and oxygen atoms in total. The molecule has 24 heavy (non-hydrogen) atoms. The molecule has 1 heterocycles. The Morgan fingerprint density at radius 2 is 2.00 bits per heavy atom. The highest BCUT2D eigenvalue weighted by molar-refractivity contribution is 5.97. The topological polar surface area (TPSA) is 58.6 Å². The van der Waals surface area contributed by atoms with Crippen LogP contribution in [0.2, 0.25) is 0 Å². The molecule has 0 spiro atoms. The molecule has 3 rings (SSSR count). The van der Waals surface area contributed by atoms with Gasteiger partial charge in [0.25, 0.3) is 0 Å². The fourth-order valence-corrected chi connectivity index (χ4v) is 2.76. The van der Waals surface area contributed by atoms with E-state index >= 15 is 0 Å². The number of amides is 2. The van der Waals surface area contributed by atoms with Gasteiger partial charge in [0, 0.05) is 24.3 Å². The average molecular weight is 324 g/mol. The zero-order valence-corrected chi connectivity index (χ0v) is 13.6. The highest BCUT2D eigenvalue weighted by Crippen LogP contribution is 2.28. The Labute approximate surface area is 141 Å². The third-order valence-electron chi connectivity index (χ3n) is 4.03. The van der Waals surface area contributed by atoms with Gasteiger partial charge in [-0.2, -0.15) is 0 Å². The predicted molar refractivity (Wildman–Crippen MR) is 93.0 cm³/mol. The van der Waals surface area contributed by atoms with Gasteiger partial charge in [-0.15, -0.1) is 0 Å². The van der Waals surface area contributed by atoms with E-state index in [1.165, 1.54) is 0 Å². The smallest absolute Gasteiger partial charge is 0.411 e. The van der Waals surface area contributed by atoms with Gasteiger partial charge in [-0.25, -0.2) is 4.79 Å². The Morgan fingerprint density at radius 3 is 2.71 bits per heavy atom. The number of hydrogen-bond acceptors (Lipinski definition) is 3. The van der Waals surface area contributed by atoms with Crippen LogP contribution in [0.1, 0.15) is 24.0 Å². The molecule has 5 heteroatoms. The zero-order valence-electron chi connectivity index (χ0n) is 13.6. The van der Waals surface area contributed by atoms with E-state index in [1.807, 2.05) is 55.5 Å². The first-order chi connectivity index (χ1) is 11.6. The van der Waals surface area contributed by atoms with Crippen molar-refractivity contribution in [1.82, 2.24) is 0 Å². The van der Waals surface area contributed by atoms with Crippen molar-refractivity contribution in [3.05, 3.63) is 59.7 Å². The van der Waals surface area contributed by atoms with E-state index in [0.717, 1.165) is 29.8 Å². The number of carbonyl (C=O) groups is 2. The van der Waals surface area contributed by atoms with Crippen molar-refractivity contribution >= 4 is 23.4 Å². The van der Waals surface area contributed by atoms with Crippen molar-refractivity contribution in [3.63, 3.8) is 0 Å². The molecule has 0 saturated carbocycles. The van der Waals surface area contributed by atoms with Gasteiger partial charge in [-0.05, 0) is 36.6 Å².